The average Bonchev–Trinajstić information content (AvgIpc) is 2.55. The number of ether oxygens (including phenoxy) is 1. The number of methoxy groups -OCH3 is 1. The minimum atomic E-state index is 0.232. The van der Waals surface area contributed by atoms with Crippen LogP contribution in [0.4, 0.5) is 11.4 Å². The highest BCUT2D eigenvalue weighted by Gasteiger charge is 2.05. The number of nitrogens with zero attached hydrogens (tertiary/aromatic N) is 2. The molecule has 0 saturated heterocycles. The molecule has 0 aliphatic rings. The van der Waals surface area contributed by atoms with E-state index in [0.717, 1.165) is 30.2 Å². The molecule has 0 atom stereocenters. The van der Waals surface area contributed by atoms with Gasteiger partial charge in [-0.05, 0) is 38.1 Å². The molecule has 0 fully saturated rings. The maximum absolute atomic E-state index is 10.2. The first kappa shape index (κ1) is 15.9. The number of phenolic OH excluding ortho intramolecular Hbond substituents is 1. The molecule has 0 saturated carbocycles. The molecule has 0 amide bonds. The summed E-state index contributed by atoms with van der Waals surface area (Å²) >= 11 is 0. The lowest BCUT2D eigenvalue weighted by Crippen LogP contribution is -2.21. The van der Waals surface area contributed by atoms with Gasteiger partial charge in [-0.3, -0.25) is 4.99 Å². The van der Waals surface area contributed by atoms with E-state index in [0.29, 0.717) is 5.56 Å². The highest BCUT2D eigenvalue weighted by molar-refractivity contribution is 5.86. The third kappa shape index (κ3) is 3.79. The predicted molar refractivity (Wildman–Crippen MR) is 91.9 cm³/mol. The van der Waals surface area contributed by atoms with E-state index in [9.17, 15) is 5.11 Å². The summed E-state index contributed by atoms with van der Waals surface area (Å²) in [6.07, 6.45) is 1.66. The predicted octanol–water partition coefficient (Wildman–Crippen LogP) is 4.00. The number of aliphatic imine (C=N–C) groups is 1. The van der Waals surface area contributed by atoms with Gasteiger partial charge in [-0.25, -0.2) is 0 Å². The van der Waals surface area contributed by atoms with E-state index in [2.05, 4.69) is 23.7 Å². The van der Waals surface area contributed by atoms with Gasteiger partial charge in [0.15, 0.2) is 0 Å². The van der Waals surface area contributed by atoms with Crippen LogP contribution in [-0.2, 0) is 0 Å². The van der Waals surface area contributed by atoms with Crippen molar-refractivity contribution in [1.82, 2.24) is 0 Å². The molecule has 0 spiro atoms. The van der Waals surface area contributed by atoms with E-state index in [4.69, 9.17) is 4.74 Å². The number of benzene rings is 2. The van der Waals surface area contributed by atoms with Crippen LogP contribution in [0.2, 0.25) is 0 Å². The first-order valence-corrected chi connectivity index (χ1v) is 7.44. The lowest BCUT2D eigenvalue weighted by molar-refractivity contribution is 0.415. The highest BCUT2D eigenvalue weighted by atomic mass is 16.5. The first-order valence-electron chi connectivity index (χ1n) is 7.44. The van der Waals surface area contributed by atoms with Crippen LogP contribution in [0.25, 0.3) is 0 Å². The van der Waals surface area contributed by atoms with Gasteiger partial charge in [0.25, 0.3) is 0 Å². The summed E-state index contributed by atoms with van der Waals surface area (Å²) in [5.74, 6) is 0.992. The van der Waals surface area contributed by atoms with Crippen LogP contribution in [0.5, 0.6) is 11.5 Å². The molecule has 0 unspecified atom stereocenters. The fourth-order valence-electron chi connectivity index (χ4n) is 2.26. The lowest BCUT2D eigenvalue weighted by Gasteiger charge is -2.21. The molecular weight excluding hydrogens is 276 g/mol. The normalized spacial score (nSPS) is 10.9. The number of hydrogen-bond acceptors (Lipinski definition) is 4. The highest BCUT2D eigenvalue weighted by Crippen LogP contribution is 2.25. The Morgan fingerprint density at radius 1 is 1.14 bits per heavy atom. The van der Waals surface area contributed by atoms with Gasteiger partial charge < -0.3 is 14.7 Å². The molecular formula is C18H22N2O2. The van der Waals surface area contributed by atoms with Crippen LogP contribution in [0.1, 0.15) is 19.4 Å². The van der Waals surface area contributed by atoms with Crippen molar-refractivity contribution in [3.8, 4) is 11.5 Å². The summed E-state index contributed by atoms with van der Waals surface area (Å²) in [5, 5.41) is 10.2. The van der Waals surface area contributed by atoms with Gasteiger partial charge in [-0.1, -0.05) is 6.07 Å². The van der Waals surface area contributed by atoms with E-state index in [1.54, 1.807) is 19.4 Å². The maximum atomic E-state index is 10.2. The molecule has 2 rings (SSSR count). The summed E-state index contributed by atoms with van der Waals surface area (Å²) < 4.78 is 5.17. The van der Waals surface area contributed by atoms with Gasteiger partial charge in [-0.15, -0.1) is 0 Å². The molecule has 2 aromatic rings. The van der Waals surface area contributed by atoms with Crippen LogP contribution in [0.15, 0.2) is 47.5 Å². The molecule has 116 valence electrons. The Balaban J connectivity index is 2.20. The van der Waals surface area contributed by atoms with Gasteiger partial charge >= 0.3 is 0 Å². The Morgan fingerprint density at radius 2 is 1.91 bits per heavy atom. The summed E-state index contributed by atoms with van der Waals surface area (Å²) in [7, 11) is 1.63. The van der Waals surface area contributed by atoms with Crippen molar-refractivity contribution in [3.05, 3.63) is 48.0 Å². The van der Waals surface area contributed by atoms with E-state index < -0.39 is 0 Å². The molecule has 4 nitrogen and oxygen atoms in total. The van der Waals surface area contributed by atoms with Crippen molar-refractivity contribution < 1.29 is 9.84 Å². The van der Waals surface area contributed by atoms with E-state index in [-0.39, 0.29) is 5.75 Å². The minimum Gasteiger partial charge on any atom is -0.507 e. The Kier molecular flexibility index (Phi) is 5.42. The van der Waals surface area contributed by atoms with Crippen LogP contribution >= 0.6 is 0 Å². The van der Waals surface area contributed by atoms with Gasteiger partial charge in [-0.2, -0.15) is 0 Å². The fraction of sp³-hybridized carbons (Fsp3) is 0.278. The van der Waals surface area contributed by atoms with Crippen molar-refractivity contribution >= 4 is 17.6 Å². The number of anilines is 1. The Morgan fingerprint density at radius 3 is 2.55 bits per heavy atom. The van der Waals surface area contributed by atoms with E-state index in [1.807, 2.05) is 36.4 Å². The Bertz CT molecular complexity index is 649. The largest absolute Gasteiger partial charge is 0.507 e. The standard InChI is InChI=1S/C18H22N2O2/c1-4-20(5-2)16-10-9-14(18(21)12-16)13-19-15-7-6-8-17(11-15)22-3/h6-13,21H,4-5H2,1-3H3. The second-order valence-electron chi connectivity index (χ2n) is 4.88. The third-order valence-corrected chi connectivity index (χ3v) is 3.55. The second kappa shape index (κ2) is 7.50. The summed E-state index contributed by atoms with van der Waals surface area (Å²) in [6.45, 7) is 6.01. The van der Waals surface area contributed by atoms with Crippen molar-refractivity contribution in [2.45, 2.75) is 13.8 Å². The van der Waals surface area contributed by atoms with Crippen molar-refractivity contribution in [1.29, 1.82) is 0 Å². The molecule has 1 N–H and O–H groups in total. The van der Waals surface area contributed by atoms with Crippen LogP contribution in [0, 0.1) is 0 Å². The zero-order chi connectivity index (χ0) is 15.9. The average molecular weight is 298 g/mol. The number of rotatable bonds is 6. The summed E-state index contributed by atoms with van der Waals surface area (Å²) in [4.78, 5) is 6.57. The zero-order valence-corrected chi connectivity index (χ0v) is 13.3. The van der Waals surface area contributed by atoms with Crippen LogP contribution < -0.4 is 9.64 Å². The molecule has 0 aliphatic carbocycles. The van der Waals surface area contributed by atoms with Gasteiger partial charge in [0.2, 0.25) is 0 Å². The van der Waals surface area contributed by atoms with Gasteiger partial charge in [0.1, 0.15) is 11.5 Å². The van der Waals surface area contributed by atoms with Gasteiger partial charge in [0.05, 0.1) is 12.8 Å². The summed E-state index contributed by atoms with van der Waals surface area (Å²) in [6, 6.07) is 13.1. The maximum Gasteiger partial charge on any atom is 0.126 e. The quantitative estimate of drug-likeness (QED) is 0.820. The molecule has 22 heavy (non-hydrogen) atoms. The van der Waals surface area contributed by atoms with Crippen molar-refractivity contribution in [2.75, 3.05) is 25.1 Å². The van der Waals surface area contributed by atoms with E-state index >= 15 is 0 Å². The molecule has 2 aromatic carbocycles. The molecule has 0 aliphatic heterocycles. The second-order valence-corrected chi connectivity index (χ2v) is 4.88. The molecule has 0 heterocycles. The zero-order valence-electron chi connectivity index (χ0n) is 13.3. The third-order valence-electron chi connectivity index (χ3n) is 3.55. The van der Waals surface area contributed by atoms with Crippen LogP contribution in [-0.4, -0.2) is 31.5 Å². The molecule has 4 heteroatoms. The first-order chi connectivity index (χ1) is 10.7. The molecule has 0 bridgehead atoms. The summed E-state index contributed by atoms with van der Waals surface area (Å²) in [5.41, 5.74) is 2.49. The molecule has 0 aromatic heterocycles. The Hall–Kier alpha value is -2.49. The number of phenols is 1. The number of hydrogen-bond donors (Lipinski definition) is 1. The topological polar surface area (TPSA) is 45.1 Å². The Labute approximate surface area is 131 Å². The fourth-order valence-corrected chi connectivity index (χ4v) is 2.26. The lowest BCUT2D eigenvalue weighted by atomic mass is 10.2. The monoisotopic (exact) mass is 298 g/mol. The van der Waals surface area contributed by atoms with Gasteiger partial charge in [0, 0.05) is 42.7 Å². The molecule has 0 radical (unpaired) electrons. The number of aromatic hydroxyl groups is 1. The van der Waals surface area contributed by atoms with E-state index in [1.165, 1.54) is 0 Å². The SMILES string of the molecule is CCN(CC)c1ccc(C=Nc2cccc(OC)c2)c(O)c1. The van der Waals surface area contributed by atoms with Crippen molar-refractivity contribution in [3.63, 3.8) is 0 Å². The van der Waals surface area contributed by atoms with Crippen LogP contribution in [0.3, 0.4) is 0 Å². The van der Waals surface area contributed by atoms with Crippen molar-refractivity contribution in [2.24, 2.45) is 4.99 Å². The smallest absolute Gasteiger partial charge is 0.126 e. The minimum absolute atomic E-state index is 0.232.